The Morgan fingerprint density at radius 3 is 2.73 bits per heavy atom. The molecule has 0 spiro atoms. The lowest BCUT2D eigenvalue weighted by atomic mass is 10.1. The fourth-order valence-corrected chi connectivity index (χ4v) is 5.90. The largest absolute Gasteiger partial charge is 0.381 e. The van der Waals surface area contributed by atoms with Crippen molar-refractivity contribution in [3.8, 4) is 0 Å². The molecule has 10 heteroatoms. The van der Waals surface area contributed by atoms with E-state index in [4.69, 9.17) is 16.3 Å². The summed E-state index contributed by atoms with van der Waals surface area (Å²) in [5.41, 5.74) is 2.32. The number of carbonyl (C=O) groups is 2. The number of thiazole rings is 1. The topological polar surface area (TPSA) is 99.3 Å². The molecule has 0 saturated heterocycles. The summed E-state index contributed by atoms with van der Waals surface area (Å²) in [6.07, 6.45) is 2.07. The minimum absolute atomic E-state index is 0.0414. The number of carbonyl (C=O) groups excluding carboxylic acids is 2. The van der Waals surface area contributed by atoms with E-state index < -0.39 is 0 Å². The van der Waals surface area contributed by atoms with Crippen molar-refractivity contribution in [2.45, 2.75) is 44.0 Å². The minimum Gasteiger partial charge on any atom is -0.381 e. The Morgan fingerprint density at radius 2 is 1.97 bits per heavy atom. The van der Waals surface area contributed by atoms with E-state index in [0.717, 1.165) is 41.0 Å². The molecule has 2 aliphatic rings. The van der Waals surface area contributed by atoms with Crippen molar-refractivity contribution in [1.29, 1.82) is 0 Å². The number of fused-ring (bicyclic) bond motifs is 2. The van der Waals surface area contributed by atoms with Crippen molar-refractivity contribution >= 4 is 45.7 Å². The first-order valence-corrected chi connectivity index (χ1v) is 12.2. The highest BCUT2D eigenvalue weighted by atomic mass is 35.5. The predicted octanol–water partition coefficient (Wildman–Crippen LogP) is 2.97. The number of H-pyrrole nitrogens is 1. The van der Waals surface area contributed by atoms with E-state index in [2.05, 4.69) is 32.5 Å². The molecule has 3 aromatic rings. The van der Waals surface area contributed by atoms with Crippen molar-refractivity contribution in [2.24, 2.45) is 0 Å². The number of hydrogen-bond donors (Lipinski definition) is 3. The quantitative estimate of drug-likeness (QED) is 0.514. The maximum absolute atomic E-state index is 13.0. The van der Waals surface area contributed by atoms with Crippen LogP contribution in [-0.4, -0.2) is 65.6 Å². The van der Waals surface area contributed by atoms with Gasteiger partial charge in [0.25, 0.3) is 11.8 Å². The predicted molar refractivity (Wildman–Crippen MR) is 128 cm³/mol. The molecule has 174 valence electrons. The highest BCUT2D eigenvalue weighted by Crippen LogP contribution is 2.27. The second kappa shape index (κ2) is 9.06. The third-order valence-electron chi connectivity index (χ3n) is 6.43. The van der Waals surface area contributed by atoms with Gasteiger partial charge in [0.1, 0.15) is 5.69 Å². The fourth-order valence-electron chi connectivity index (χ4n) is 4.63. The normalized spacial score (nSPS) is 22.9. The zero-order valence-electron chi connectivity index (χ0n) is 18.5. The zero-order valence-corrected chi connectivity index (χ0v) is 20.1. The van der Waals surface area contributed by atoms with Crippen LogP contribution in [0.15, 0.2) is 24.3 Å². The lowest BCUT2D eigenvalue weighted by molar-refractivity contribution is 0.0889. The molecule has 8 nitrogen and oxygen atoms in total. The van der Waals surface area contributed by atoms with Crippen molar-refractivity contribution in [1.82, 2.24) is 25.5 Å². The molecule has 1 fully saturated rings. The first-order chi connectivity index (χ1) is 15.9. The van der Waals surface area contributed by atoms with Crippen molar-refractivity contribution in [3.05, 3.63) is 50.6 Å². The van der Waals surface area contributed by atoms with Gasteiger partial charge in [-0.05, 0) is 44.2 Å². The summed E-state index contributed by atoms with van der Waals surface area (Å²) in [6, 6.07) is 6.73. The number of benzene rings is 1. The van der Waals surface area contributed by atoms with Crippen LogP contribution in [0.3, 0.4) is 0 Å². The summed E-state index contributed by atoms with van der Waals surface area (Å²) >= 11 is 7.51. The molecule has 3 unspecified atom stereocenters. The molecule has 2 aromatic heterocycles. The Kier molecular flexibility index (Phi) is 6.13. The van der Waals surface area contributed by atoms with Crippen LogP contribution in [0.2, 0.25) is 5.02 Å². The first kappa shape index (κ1) is 22.3. The van der Waals surface area contributed by atoms with Gasteiger partial charge in [-0.1, -0.05) is 11.6 Å². The van der Waals surface area contributed by atoms with Gasteiger partial charge in [-0.3, -0.25) is 9.59 Å². The molecule has 0 bridgehead atoms. The van der Waals surface area contributed by atoms with E-state index in [1.54, 1.807) is 19.2 Å². The van der Waals surface area contributed by atoms with Crippen molar-refractivity contribution in [3.63, 3.8) is 0 Å². The summed E-state index contributed by atoms with van der Waals surface area (Å²) in [6.45, 7) is 1.77. The van der Waals surface area contributed by atoms with Crippen LogP contribution < -0.4 is 10.6 Å². The molecular formula is C23H26ClN5O3S. The van der Waals surface area contributed by atoms with Gasteiger partial charge in [0.2, 0.25) is 0 Å². The van der Waals surface area contributed by atoms with Crippen LogP contribution in [0.5, 0.6) is 0 Å². The van der Waals surface area contributed by atoms with Gasteiger partial charge in [0.15, 0.2) is 5.01 Å². The fraction of sp³-hybridized carbons (Fsp3) is 0.435. The summed E-state index contributed by atoms with van der Waals surface area (Å²) in [5.74, 6) is -0.422. The van der Waals surface area contributed by atoms with Crippen molar-refractivity contribution in [2.75, 3.05) is 20.7 Å². The van der Waals surface area contributed by atoms with Crippen LogP contribution in [0.1, 0.15) is 43.7 Å². The van der Waals surface area contributed by atoms with E-state index in [1.807, 2.05) is 12.1 Å². The number of ether oxygens (including phenoxy) is 1. The van der Waals surface area contributed by atoms with Crippen LogP contribution in [-0.2, 0) is 17.7 Å². The number of rotatable bonds is 5. The van der Waals surface area contributed by atoms with Gasteiger partial charge in [-0.2, -0.15) is 0 Å². The molecule has 2 amide bonds. The molecule has 3 atom stereocenters. The maximum atomic E-state index is 13.0. The van der Waals surface area contributed by atoms with Gasteiger partial charge >= 0.3 is 0 Å². The average molecular weight is 488 g/mol. The molecule has 0 radical (unpaired) electrons. The first-order valence-electron chi connectivity index (χ1n) is 11.0. The Morgan fingerprint density at radius 1 is 1.21 bits per heavy atom. The number of aromatic nitrogens is 2. The zero-order chi connectivity index (χ0) is 23.1. The molecule has 1 aromatic carbocycles. The molecule has 33 heavy (non-hydrogen) atoms. The van der Waals surface area contributed by atoms with Crippen LogP contribution in [0, 0.1) is 0 Å². The number of likely N-dealkylation sites (N-methyl/N-ethyl adjacent to an activating group) is 1. The molecule has 1 saturated carbocycles. The second-order valence-electron chi connectivity index (χ2n) is 8.78. The van der Waals surface area contributed by atoms with Gasteiger partial charge in [-0.15, -0.1) is 11.3 Å². The van der Waals surface area contributed by atoms with Crippen LogP contribution in [0.25, 0.3) is 10.9 Å². The Balaban J connectivity index is 1.29. The number of halogens is 1. The Labute approximate surface area is 200 Å². The molecule has 1 aliphatic heterocycles. The third-order valence-corrected chi connectivity index (χ3v) is 7.75. The SMILES string of the molecule is COC1CC(NC(=O)c2cc3cc(Cl)ccc3[nH]2)C(NC(=O)c2nc3c(s2)CN(C)CC3)C1. The minimum atomic E-state index is -0.248. The van der Waals surface area contributed by atoms with Gasteiger partial charge < -0.3 is 25.3 Å². The lowest BCUT2D eigenvalue weighted by Crippen LogP contribution is -2.48. The van der Waals surface area contributed by atoms with Gasteiger partial charge in [-0.25, -0.2) is 4.98 Å². The molecular weight excluding hydrogens is 462 g/mol. The van der Waals surface area contributed by atoms with E-state index in [-0.39, 0.29) is 30.0 Å². The third kappa shape index (κ3) is 4.63. The lowest BCUT2D eigenvalue weighted by Gasteiger charge is -2.21. The highest BCUT2D eigenvalue weighted by Gasteiger charge is 2.37. The number of amides is 2. The number of methoxy groups -OCH3 is 1. The van der Waals surface area contributed by atoms with E-state index in [1.165, 1.54) is 11.3 Å². The van der Waals surface area contributed by atoms with E-state index in [9.17, 15) is 9.59 Å². The molecule has 3 heterocycles. The van der Waals surface area contributed by atoms with Crippen molar-refractivity contribution < 1.29 is 14.3 Å². The average Bonchev–Trinajstić information content (AvgIpc) is 3.49. The standard InChI is InChI=1S/C23H26ClN5O3S/c1-29-6-5-16-20(11-29)33-23(28-16)22(31)27-18-10-14(32-2)9-17(18)26-21(30)19-8-12-7-13(24)3-4-15(12)25-19/h3-4,7-8,14,17-18,25H,5-6,9-11H2,1-2H3,(H,26,30)(H,27,31). The van der Waals surface area contributed by atoms with Gasteiger partial charge in [0.05, 0.1) is 23.9 Å². The van der Waals surface area contributed by atoms with E-state index in [0.29, 0.717) is 28.6 Å². The Bertz CT molecular complexity index is 1210. The summed E-state index contributed by atoms with van der Waals surface area (Å²) in [5, 5.41) is 8.14. The highest BCUT2D eigenvalue weighted by molar-refractivity contribution is 7.13. The van der Waals surface area contributed by atoms with Crippen LogP contribution in [0.4, 0.5) is 0 Å². The number of nitrogens with one attached hydrogen (secondary N) is 3. The van der Waals surface area contributed by atoms with E-state index >= 15 is 0 Å². The van der Waals surface area contributed by atoms with Crippen LogP contribution >= 0.6 is 22.9 Å². The van der Waals surface area contributed by atoms with Gasteiger partial charge in [0, 0.05) is 47.4 Å². The maximum Gasteiger partial charge on any atom is 0.280 e. The number of nitrogens with zero attached hydrogens (tertiary/aromatic N) is 2. The molecule has 1 aliphatic carbocycles. The second-order valence-corrected chi connectivity index (χ2v) is 10.3. The smallest absolute Gasteiger partial charge is 0.280 e. The monoisotopic (exact) mass is 487 g/mol. The number of aromatic amines is 1. The summed E-state index contributed by atoms with van der Waals surface area (Å²) < 4.78 is 5.54. The number of hydrogen-bond acceptors (Lipinski definition) is 6. The molecule has 5 rings (SSSR count). The Hall–Kier alpha value is -2.46. The molecule has 3 N–H and O–H groups in total. The summed E-state index contributed by atoms with van der Waals surface area (Å²) in [4.78, 5) is 37.1. The summed E-state index contributed by atoms with van der Waals surface area (Å²) in [7, 11) is 3.72.